The van der Waals surface area contributed by atoms with E-state index >= 15 is 0 Å². The van der Waals surface area contributed by atoms with Crippen LogP contribution in [-0.2, 0) is 26.0 Å². The van der Waals surface area contributed by atoms with Crippen molar-refractivity contribution in [2.24, 2.45) is 5.92 Å². The third kappa shape index (κ3) is 9.31. The van der Waals surface area contributed by atoms with Crippen molar-refractivity contribution >= 4 is 43.4 Å². The topological polar surface area (TPSA) is 141 Å². The number of aromatic nitrogens is 1. The molecule has 0 saturated heterocycles. The molecule has 4 rings (SSSR count). The maximum absolute atomic E-state index is 14.2. The van der Waals surface area contributed by atoms with Gasteiger partial charge in [-0.15, -0.1) is 11.3 Å². The average Bonchev–Trinajstić information content (AvgIpc) is 3.71. The van der Waals surface area contributed by atoms with Gasteiger partial charge in [0, 0.05) is 32.0 Å². The number of hydrogen-bond acceptors (Lipinski definition) is 8. The molecule has 1 aliphatic rings. The van der Waals surface area contributed by atoms with Crippen LogP contribution in [0.1, 0.15) is 64.9 Å². The van der Waals surface area contributed by atoms with Crippen LogP contribution in [0.4, 0.5) is 0 Å². The molecule has 0 bridgehead atoms. The molecule has 0 aliphatic heterocycles. The average molecular weight is 644 g/mol. The monoisotopic (exact) mass is 643 g/mol. The van der Waals surface area contributed by atoms with Crippen LogP contribution >= 0.6 is 11.3 Å². The van der Waals surface area contributed by atoms with E-state index in [0.29, 0.717) is 18.0 Å². The molecule has 1 aromatic heterocycles. The van der Waals surface area contributed by atoms with Gasteiger partial charge in [0.1, 0.15) is 11.8 Å². The minimum absolute atomic E-state index is 0.0129. The molecule has 44 heavy (non-hydrogen) atoms. The van der Waals surface area contributed by atoms with Crippen LogP contribution in [0.15, 0.2) is 58.9 Å². The molecule has 1 fully saturated rings. The van der Waals surface area contributed by atoms with E-state index in [1.807, 2.05) is 51.1 Å². The van der Waals surface area contributed by atoms with Gasteiger partial charge in [-0.1, -0.05) is 63.9 Å². The molecule has 1 saturated carbocycles. The van der Waals surface area contributed by atoms with Crippen LogP contribution < -0.4 is 16.0 Å². The van der Waals surface area contributed by atoms with E-state index in [1.165, 1.54) is 21.7 Å². The van der Waals surface area contributed by atoms with Crippen LogP contribution in [0, 0.1) is 5.92 Å². The van der Waals surface area contributed by atoms with E-state index in [-0.39, 0.29) is 55.1 Å². The number of nitrogens with one attached hydrogen (secondary N) is 3. The Balaban J connectivity index is 1.56. The van der Waals surface area contributed by atoms with Crippen molar-refractivity contribution in [1.82, 2.24) is 25.2 Å². The fourth-order valence-corrected chi connectivity index (χ4v) is 7.78. The van der Waals surface area contributed by atoms with Crippen molar-refractivity contribution in [1.29, 1.82) is 0 Å². The van der Waals surface area contributed by atoms with Crippen LogP contribution in [0.3, 0.4) is 0 Å². The van der Waals surface area contributed by atoms with Crippen molar-refractivity contribution < 1.29 is 23.1 Å². The Morgan fingerprint density at radius 3 is 2.59 bits per heavy atom. The van der Waals surface area contributed by atoms with Crippen molar-refractivity contribution in [3.8, 4) is 0 Å². The van der Waals surface area contributed by atoms with Gasteiger partial charge in [-0.3, -0.25) is 9.59 Å². The van der Waals surface area contributed by atoms with Gasteiger partial charge >= 0.3 is 0 Å². The summed E-state index contributed by atoms with van der Waals surface area (Å²) in [5.74, 6) is -0.679. The Hall–Kier alpha value is -2.90. The first-order valence-corrected chi connectivity index (χ1v) is 17.8. The summed E-state index contributed by atoms with van der Waals surface area (Å²) in [6, 6.07) is 13.7. The summed E-state index contributed by atoms with van der Waals surface area (Å²) >= 11 is 1.35. The number of unbranched alkanes of at least 4 members (excludes halogenated alkanes) is 1. The van der Waals surface area contributed by atoms with E-state index in [9.17, 15) is 23.1 Å². The van der Waals surface area contributed by atoms with Gasteiger partial charge in [-0.25, -0.2) is 13.4 Å². The molecule has 2 atom stereocenters. The first kappa shape index (κ1) is 34.0. The number of carbonyl (C=O) groups is 2. The van der Waals surface area contributed by atoms with E-state index in [0.717, 1.165) is 35.9 Å². The standard InChI is InChI=1S/C32H45N5O5S2/c1-4-5-11-28(36-30(38)20-34-25-12-13-25)31(39)33-17-16-32(40,19-24-9-7-6-8-10-24)37(21-23(2)3)44(41,42)26-14-15-27-29(18-26)43-22-35-27/h6-10,14-15,18,22-23,25,28,34,40H,4-5,11-13,16-17,19-21H2,1-3H3,(H,33,39)(H,36,38). The Kier molecular flexibility index (Phi) is 11.9. The predicted molar refractivity (Wildman–Crippen MR) is 174 cm³/mol. The van der Waals surface area contributed by atoms with E-state index in [1.54, 1.807) is 17.6 Å². The van der Waals surface area contributed by atoms with Gasteiger partial charge < -0.3 is 21.1 Å². The molecule has 1 aliphatic carbocycles. The number of thiazole rings is 1. The number of nitrogens with zero attached hydrogens (tertiary/aromatic N) is 2. The van der Waals surface area contributed by atoms with Crippen LogP contribution in [0.5, 0.6) is 0 Å². The SMILES string of the molecule is CCCCC(NC(=O)CNC1CC1)C(=O)NCCC(O)(Cc1ccccc1)N(CC(C)C)S(=O)(=O)c1ccc2ncsc2c1. The number of hydrogen-bond donors (Lipinski definition) is 4. The van der Waals surface area contributed by atoms with Crippen molar-refractivity contribution in [3.05, 3.63) is 59.6 Å². The number of amides is 2. The molecule has 2 aromatic carbocycles. The second kappa shape index (κ2) is 15.4. The first-order valence-electron chi connectivity index (χ1n) is 15.4. The van der Waals surface area contributed by atoms with Crippen molar-refractivity contribution in [3.63, 3.8) is 0 Å². The number of fused-ring (bicyclic) bond motifs is 1. The Bertz CT molecular complexity index is 1490. The van der Waals surface area contributed by atoms with Crippen LogP contribution in [0.25, 0.3) is 10.2 Å². The zero-order valence-corrected chi connectivity index (χ0v) is 27.4. The van der Waals surface area contributed by atoms with Crippen LogP contribution in [-0.4, -0.2) is 72.1 Å². The maximum Gasteiger partial charge on any atom is 0.245 e. The largest absolute Gasteiger partial charge is 0.374 e. The maximum atomic E-state index is 14.2. The minimum Gasteiger partial charge on any atom is -0.374 e. The zero-order valence-electron chi connectivity index (χ0n) is 25.8. The number of carbonyl (C=O) groups excluding carboxylic acids is 2. The lowest BCUT2D eigenvalue weighted by molar-refractivity contribution is -0.129. The number of sulfonamides is 1. The molecule has 2 unspecified atom stereocenters. The number of rotatable bonds is 18. The predicted octanol–water partition coefficient (Wildman–Crippen LogP) is 3.81. The summed E-state index contributed by atoms with van der Waals surface area (Å²) < 4.78 is 30.4. The second-order valence-corrected chi connectivity index (χ2v) is 14.8. The molecule has 1 heterocycles. The third-order valence-corrected chi connectivity index (χ3v) is 10.4. The van der Waals surface area contributed by atoms with Gasteiger partial charge in [0.25, 0.3) is 0 Å². The van der Waals surface area contributed by atoms with Crippen LogP contribution in [0.2, 0.25) is 0 Å². The van der Waals surface area contributed by atoms with Gasteiger partial charge in [-0.2, -0.15) is 4.31 Å². The van der Waals surface area contributed by atoms with E-state index < -0.39 is 21.8 Å². The van der Waals surface area contributed by atoms with Gasteiger partial charge in [0.05, 0.1) is 27.2 Å². The fourth-order valence-electron chi connectivity index (χ4n) is 5.13. The summed E-state index contributed by atoms with van der Waals surface area (Å²) in [5.41, 5.74) is 1.29. The Morgan fingerprint density at radius 1 is 1.16 bits per heavy atom. The smallest absolute Gasteiger partial charge is 0.245 e. The molecular weight excluding hydrogens is 599 g/mol. The highest BCUT2D eigenvalue weighted by Gasteiger charge is 2.43. The summed E-state index contributed by atoms with van der Waals surface area (Å²) in [4.78, 5) is 30.1. The van der Waals surface area contributed by atoms with E-state index in [4.69, 9.17) is 0 Å². The summed E-state index contributed by atoms with van der Waals surface area (Å²) in [6.45, 7) is 6.07. The van der Waals surface area contributed by atoms with Crippen molar-refractivity contribution in [2.75, 3.05) is 19.6 Å². The zero-order chi connectivity index (χ0) is 31.7. The highest BCUT2D eigenvalue weighted by Crippen LogP contribution is 2.32. The molecule has 10 nitrogen and oxygen atoms in total. The fraction of sp³-hybridized carbons (Fsp3) is 0.531. The lowest BCUT2D eigenvalue weighted by atomic mass is 9.98. The Labute approximate surface area is 264 Å². The lowest BCUT2D eigenvalue weighted by Crippen LogP contribution is -2.56. The first-order chi connectivity index (χ1) is 21.0. The molecule has 2 amide bonds. The van der Waals surface area contributed by atoms with Gasteiger partial charge in [0.15, 0.2) is 0 Å². The summed E-state index contributed by atoms with van der Waals surface area (Å²) in [6.07, 6.45) is 4.20. The Morgan fingerprint density at radius 2 is 1.91 bits per heavy atom. The highest BCUT2D eigenvalue weighted by molar-refractivity contribution is 7.89. The molecule has 0 radical (unpaired) electrons. The second-order valence-electron chi connectivity index (χ2n) is 12.0. The lowest BCUT2D eigenvalue weighted by Gasteiger charge is -2.40. The third-order valence-electron chi connectivity index (χ3n) is 7.67. The summed E-state index contributed by atoms with van der Waals surface area (Å²) in [7, 11) is -4.16. The minimum atomic E-state index is -4.16. The normalized spacial score (nSPS) is 15.8. The summed E-state index contributed by atoms with van der Waals surface area (Å²) in [5, 5.41) is 21.2. The molecule has 12 heteroatoms. The van der Waals surface area contributed by atoms with Gasteiger partial charge in [0.2, 0.25) is 21.8 Å². The quantitative estimate of drug-likeness (QED) is 0.155. The molecule has 3 aromatic rings. The number of aliphatic hydroxyl groups is 1. The molecule has 240 valence electrons. The van der Waals surface area contributed by atoms with Crippen molar-refractivity contribution in [2.45, 2.75) is 88.4 Å². The highest BCUT2D eigenvalue weighted by atomic mass is 32.2. The van der Waals surface area contributed by atoms with Gasteiger partial charge in [-0.05, 0) is 48.9 Å². The molecule has 4 N–H and O–H groups in total. The number of benzene rings is 2. The molecule has 0 spiro atoms. The molecular formula is C32H45N5O5S2. The van der Waals surface area contributed by atoms with E-state index in [2.05, 4.69) is 20.9 Å².